The lowest BCUT2D eigenvalue weighted by atomic mass is 10.0. The van der Waals surface area contributed by atoms with Crippen LogP contribution in [0.2, 0.25) is 0 Å². The van der Waals surface area contributed by atoms with Crippen LogP contribution in [-0.2, 0) is 6.54 Å². The zero-order valence-electron chi connectivity index (χ0n) is 12.0. The predicted octanol–water partition coefficient (Wildman–Crippen LogP) is 2.91. The minimum absolute atomic E-state index is 0.649. The van der Waals surface area contributed by atoms with Gasteiger partial charge in [-0.25, -0.2) is 0 Å². The molecular weight excluding hydrogens is 210 g/mol. The van der Waals surface area contributed by atoms with Crippen LogP contribution in [0.15, 0.2) is 6.07 Å². The van der Waals surface area contributed by atoms with Crippen molar-refractivity contribution < 1.29 is 0 Å². The van der Waals surface area contributed by atoms with Crippen LogP contribution in [-0.4, -0.2) is 22.4 Å². The molecule has 1 atom stereocenters. The van der Waals surface area contributed by atoms with Gasteiger partial charge in [0.05, 0.1) is 5.69 Å². The number of aromatic nitrogens is 2. The van der Waals surface area contributed by atoms with Crippen molar-refractivity contribution in [3.05, 3.63) is 17.5 Å². The summed E-state index contributed by atoms with van der Waals surface area (Å²) in [7, 11) is 0. The highest BCUT2D eigenvalue weighted by molar-refractivity contribution is 5.06. The predicted molar refractivity (Wildman–Crippen MR) is 73.2 cm³/mol. The zero-order chi connectivity index (χ0) is 12.8. The Labute approximate surface area is 106 Å². The molecule has 98 valence electrons. The summed E-state index contributed by atoms with van der Waals surface area (Å²) < 4.78 is 2.10. The Morgan fingerprint density at radius 2 is 2.06 bits per heavy atom. The maximum atomic E-state index is 4.47. The third kappa shape index (κ3) is 4.50. The zero-order valence-corrected chi connectivity index (χ0v) is 12.0. The van der Waals surface area contributed by atoms with E-state index in [1.54, 1.807) is 0 Å². The fourth-order valence-corrected chi connectivity index (χ4v) is 2.27. The molecule has 0 aromatic carbocycles. The van der Waals surface area contributed by atoms with Gasteiger partial charge < -0.3 is 5.32 Å². The van der Waals surface area contributed by atoms with Gasteiger partial charge in [-0.1, -0.05) is 20.8 Å². The molecule has 0 aliphatic heterocycles. The van der Waals surface area contributed by atoms with Crippen molar-refractivity contribution in [1.29, 1.82) is 0 Å². The van der Waals surface area contributed by atoms with Crippen molar-refractivity contribution in [1.82, 2.24) is 15.1 Å². The van der Waals surface area contributed by atoms with E-state index >= 15 is 0 Å². The van der Waals surface area contributed by atoms with Crippen LogP contribution in [0, 0.1) is 19.8 Å². The molecule has 0 saturated carbocycles. The van der Waals surface area contributed by atoms with Crippen molar-refractivity contribution >= 4 is 0 Å². The van der Waals surface area contributed by atoms with E-state index in [1.807, 2.05) is 6.92 Å². The molecule has 0 fully saturated rings. The average molecular weight is 237 g/mol. The van der Waals surface area contributed by atoms with Crippen LogP contribution in [0.25, 0.3) is 0 Å². The summed E-state index contributed by atoms with van der Waals surface area (Å²) in [6.45, 7) is 13.1. The molecule has 0 saturated heterocycles. The van der Waals surface area contributed by atoms with E-state index < -0.39 is 0 Å². The Bertz CT molecular complexity index is 328. The lowest BCUT2D eigenvalue weighted by Gasteiger charge is -2.20. The molecule has 0 bridgehead atoms. The molecule has 1 unspecified atom stereocenters. The molecule has 0 spiro atoms. The molecule has 1 rings (SSSR count). The molecule has 0 aliphatic rings. The summed E-state index contributed by atoms with van der Waals surface area (Å²) in [5.74, 6) is 0.716. The highest BCUT2D eigenvalue weighted by atomic mass is 15.3. The van der Waals surface area contributed by atoms with E-state index in [2.05, 4.69) is 48.9 Å². The summed E-state index contributed by atoms with van der Waals surface area (Å²) >= 11 is 0. The quantitative estimate of drug-likeness (QED) is 0.739. The highest BCUT2D eigenvalue weighted by Gasteiger charge is 2.09. The third-order valence-electron chi connectivity index (χ3n) is 3.30. The molecule has 0 aliphatic carbocycles. The Morgan fingerprint density at radius 1 is 1.35 bits per heavy atom. The average Bonchev–Trinajstić information content (AvgIpc) is 2.57. The van der Waals surface area contributed by atoms with Gasteiger partial charge in [-0.05, 0) is 45.2 Å². The van der Waals surface area contributed by atoms with Crippen molar-refractivity contribution in [3.63, 3.8) is 0 Å². The second kappa shape index (κ2) is 6.80. The maximum Gasteiger partial charge on any atom is 0.0596 e. The van der Waals surface area contributed by atoms with Crippen LogP contribution in [0.3, 0.4) is 0 Å². The van der Waals surface area contributed by atoms with Gasteiger partial charge in [0.25, 0.3) is 0 Å². The Balaban J connectivity index is 2.26. The highest BCUT2D eigenvalue weighted by Crippen LogP contribution is 2.06. The number of hydrogen-bond donors (Lipinski definition) is 1. The molecule has 3 nitrogen and oxygen atoms in total. The van der Waals surface area contributed by atoms with Gasteiger partial charge in [0, 0.05) is 18.3 Å². The summed E-state index contributed by atoms with van der Waals surface area (Å²) in [5, 5.41) is 8.10. The molecule has 1 N–H and O–H groups in total. The molecule has 1 aromatic heterocycles. The van der Waals surface area contributed by atoms with Crippen LogP contribution < -0.4 is 5.32 Å². The van der Waals surface area contributed by atoms with Gasteiger partial charge in [-0.15, -0.1) is 0 Å². The fraction of sp³-hybridized carbons (Fsp3) is 0.786. The van der Waals surface area contributed by atoms with Gasteiger partial charge in [0.2, 0.25) is 0 Å². The van der Waals surface area contributed by atoms with E-state index in [-0.39, 0.29) is 0 Å². The van der Waals surface area contributed by atoms with Crippen molar-refractivity contribution in [2.24, 2.45) is 5.92 Å². The Kier molecular flexibility index (Phi) is 5.69. The molecule has 1 heterocycles. The maximum absolute atomic E-state index is 4.47. The minimum atomic E-state index is 0.649. The fourth-order valence-electron chi connectivity index (χ4n) is 2.27. The first-order valence-corrected chi connectivity index (χ1v) is 6.79. The number of rotatable bonds is 7. The van der Waals surface area contributed by atoms with Crippen LogP contribution in [0.4, 0.5) is 0 Å². The lowest BCUT2D eigenvalue weighted by Crippen LogP contribution is -2.34. The first-order chi connectivity index (χ1) is 8.04. The summed E-state index contributed by atoms with van der Waals surface area (Å²) in [5.41, 5.74) is 2.38. The van der Waals surface area contributed by atoms with Crippen molar-refractivity contribution in [2.75, 3.05) is 6.54 Å². The SMILES string of the molecule is CCC(NCCCn1nc(C)cc1C)C(C)C. The first-order valence-electron chi connectivity index (χ1n) is 6.79. The second-order valence-electron chi connectivity index (χ2n) is 5.22. The van der Waals surface area contributed by atoms with E-state index in [0.717, 1.165) is 25.2 Å². The lowest BCUT2D eigenvalue weighted by molar-refractivity contribution is 0.379. The van der Waals surface area contributed by atoms with E-state index in [0.29, 0.717) is 12.0 Å². The normalized spacial score (nSPS) is 13.3. The number of hydrogen-bond acceptors (Lipinski definition) is 2. The molecule has 0 radical (unpaired) electrons. The first kappa shape index (κ1) is 14.2. The van der Waals surface area contributed by atoms with Crippen LogP contribution in [0.1, 0.15) is 45.0 Å². The number of nitrogens with one attached hydrogen (secondary N) is 1. The second-order valence-corrected chi connectivity index (χ2v) is 5.22. The smallest absolute Gasteiger partial charge is 0.0596 e. The van der Waals surface area contributed by atoms with Crippen molar-refractivity contribution in [3.8, 4) is 0 Å². The van der Waals surface area contributed by atoms with E-state index in [9.17, 15) is 0 Å². The Hall–Kier alpha value is -0.830. The molecule has 3 heteroatoms. The topological polar surface area (TPSA) is 29.9 Å². The molecular formula is C14H27N3. The largest absolute Gasteiger partial charge is 0.314 e. The molecule has 0 amide bonds. The molecule has 1 aromatic rings. The van der Waals surface area contributed by atoms with Gasteiger partial charge in [-0.3, -0.25) is 4.68 Å². The van der Waals surface area contributed by atoms with Gasteiger partial charge in [0.15, 0.2) is 0 Å². The van der Waals surface area contributed by atoms with Gasteiger partial charge in [-0.2, -0.15) is 5.10 Å². The van der Waals surface area contributed by atoms with Gasteiger partial charge in [0.1, 0.15) is 0 Å². The summed E-state index contributed by atoms with van der Waals surface area (Å²) in [6.07, 6.45) is 2.35. The van der Waals surface area contributed by atoms with E-state index in [4.69, 9.17) is 0 Å². The standard InChI is InChI=1S/C14H27N3/c1-6-14(11(2)3)15-8-7-9-17-13(5)10-12(4)16-17/h10-11,14-15H,6-9H2,1-5H3. The van der Waals surface area contributed by atoms with Gasteiger partial charge >= 0.3 is 0 Å². The van der Waals surface area contributed by atoms with Crippen LogP contribution >= 0.6 is 0 Å². The summed E-state index contributed by atoms with van der Waals surface area (Å²) in [4.78, 5) is 0. The monoisotopic (exact) mass is 237 g/mol. The molecule has 17 heavy (non-hydrogen) atoms. The Morgan fingerprint density at radius 3 is 2.53 bits per heavy atom. The third-order valence-corrected chi connectivity index (χ3v) is 3.30. The van der Waals surface area contributed by atoms with Crippen LogP contribution in [0.5, 0.6) is 0 Å². The number of nitrogens with zero attached hydrogens (tertiary/aromatic N) is 2. The summed E-state index contributed by atoms with van der Waals surface area (Å²) in [6, 6.07) is 2.78. The minimum Gasteiger partial charge on any atom is -0.314 e. The van der Waals surface area contributed by atoms with E-state index in [1.165, 1.54) is 12.1 Å². The number of aryl methyl sites for hydroxylation is 3. The van der Waals surface area contributed by atoms with Crippen molar-refractivity contribution in [2.45, 2.75) is 60.0 Å².